The molecule has 16 heavy (non-hydrogen) atoms. The first-order valence-electron chi connectivity index (χ1n) is 5.55. The molecule has 0 aliphatic carbocycles. The van der Waals surface area contributed by atoms with Gasteiger partial charge in [0, 0.05) is 0 Å². The molecule has 2 aromatic rings. The highest BCUT2D eigenvalue weighted by atomic mass is 16.5. The van der Waals surface area contributed by atoms with E-state index in [9.17, 15) is 0 Å². The fourth-order valence-corrected chi connectivity index (χ4v) is 1.44. The normalized spacial score (nSPS) is 12.4. The van der Waals surface area contributed by atoms with Crippen molar-refractivity contribution in [3.8, 4) is 17.0 Å². The predicted molar refractivity (Wildman–Crippen MR) is 64.4 cm³/mol. The summed E-state index contributed by atoms with van der Waals surface area (Å²) in [5.74, 6) is 0.914. The Morgan fingerprint density at radius 1 is 1.31 bits per heavy atom. The van der Waals surface area contributed by atoms with E-state index < -0.39 is 0 Å². The van der Waals surface area contributed by atoms with Crippen LogP contribution in [-0.2, 0) is 0 Å². The Labute approximate surface area is 95.5 Å². The van der Waals surface area contributed by atoms with E-state index in [-0.39, 0.29) is 6.10 Å². The molecule has 1 heterocycles. The molecule has 0 bridgehead atoms. The number of benzene rings is 1. The summed E-state index contributed by atoms with van der Waals surface area (Å²) < 4.78 is 5.71. The number of hydrogen-bond acceptors (Lipinski definition) is 2. The van der Waals surface area contributed by atoms with Crippen LogP contribution in [0.2, 0.25) is 0 Å². The Kier molecular flexibility index (Phi) is 3.25. The van der Waals surface area contributed by atoms with Crippen LogP contribution in [0.4, 0.5) is 0 Å². The lowest BCUT2D eigenvalue weighted by molar-refractivity contribution is 0.217. The molecule has 1 aromatic heterocycles. The van der Waals surface area contributed by atoms with Crippen LogP contribution >= 0.6 is 0 Å². The molecule has 1 N–H and O–H groups in total. The average Bonchev–Trinajstić information content (AvgIpc) is 2.83. The van der Waals surface area contributed by atoms with Crippen LogP contribution in [-0.4, -0.2) is 16.1 Å². The highest BCUT2D eigenvalue weighted by molar-refractivity contribution is 5.58. The number of H-pyrrole nitrogens is 1. The van der Waals surface area contributed by atoms with Gasteiger partial charge in [0.25, 0.3) is 0 Å². The summed E-state index contributed by atoms with van der Waals surface area (Å²) in [7, 11) is 0. The largest absolute Gasteiger partial charge is 0.491 e. The van der Waals surface area contributed by atoms with Gasteiger partial charge in [-0.05, 0) is 43.2 Å². The Morgan fingerprint density at radius 3 is 2.62 bits per heavy atom. The van der Waals surface area contributed by atoms with E-state index in [1.54, 1.807) is 6.33 Å². The molecule has 3 heteroatoms. The van der Waals surface area contributed by atoms with Crippen molar-refractivity contribution in [1.29, 1.82) is 0 Å². The first-order chi connectivity index (χ1) is 7.79. The van der Waals surface area contributed by atoms with Crippen LogP contribution in [0.15, 0.2) is 36.8 Å². The quantitative estimate of drug-likeness (QED) is 0.851. The third-order valence-corrected chi connectivity index (χ3v) is 2.58. The van der Waals surface area contributed by atoms with Gasteiger partial charge in [-0.3, -0.25) is 0 Å². The van der Waals surface area contributed by atoms with E-state index in [0.717, 1.165) is 23.4 Å². The minimum Gasteiger partial charge on any atom is -0.491 e. The zero-order chi connectivity index (χ0) is 11.4. The smallest absolute Gasteiger partial charge is 0.119 e. The molecule has 2 rings (SSSR count). The lowest BCUT2D eigenvalue weighted by atomic mass is 10.1. The number of hydrogen-bond donors (Lipinski definition) is 1. The van der Waals surface area contributed by atoms with Gasteiger partial charge in [0.05, 0.1) is 24.3 Å². The number of aromatic nitrogens is 2. The predicted octanol–water partition coefficient (Wildman–Crippen LogP) is 3.25. The van der Waals surface area contributed by atoms with E-state index in [4.69, 9.17) is 4.74 Å². The van der Waals surface area contributed by atoms with Gasteiger partial charge in [0.1, 0.15) is 5.75 Å². The number of aromatic amines is 1. The molecule has 1 unspecified atom stereocenters. The first-order valence-corrected chi connectivity index (χ1v) is 5.55. The monoisotopic (exact) mass is 216 g/mol. The Hall–Kier alpha value is -1.77. The fourth-order valence-electron chi connectivity index (χ4n) is 1.44. The van der Waals surface area contributed by atoms with Gasteiger partial charge in [-0.25, -0.2) is 4.98 Å². The van der Waals surface area contributed by atoms with Crippen LogP contribution in [0.1, 0.15) is 20.3 Å². The third-order valence-electron chi connectivity index (χ3n) is 2.58. The summed E-state index contributed by atoms with van der Waals surface area (Å²) in [6, 6.07) is 8.04. The molecule has 1 aromatic carbocycles. The van der Waals surface area contributed by atoms with Crippen molar-refractivity contribution in [3.63, 3.8) is 0 Å². The van der Waals surface area contributed by atoms with Crippen molar-refractivity contribution < 1.29 is 4.74 Å². The highest BCUT2D eigenvalue weighted by Crippen LogP contribution is 2.21. The van der Waals surface area contributed by atoms with E-state index in [0.29, 0.717) is 0 Å². The van der Waals surface area contributed by atoms with Gasteiger partial charge in [-0.15, -0.1) is 0 Å². The van der Waals surface area contributed by atoms with Gasteiger partial charge in [0.2, 0.25) is 0 Å². The average molecular weight is 216 g/mol. The van der Waals surface area contributed by atoms with Crippen molar-refractivity contribution in [2.45, 2.75) is 26.4 Å². The first kappa shape index (κ1) is 10.7. The summed E-state index contributed by atoms with van der Waals surface area (Å²) in [6.45, 7) is 4.19. The third kappa shape index (κ3) is 2.42. The molecule has 0 saturated carbocycles. The standard InChI is InChI=1S/C13H16N2O/c1-3-10(2)16-12-6-4-11(5-7-12)13-8-14-9-15-13/h4-10H,3H2,1-2H3,(H,14,15). The Balaban J connectivity index is 2.11. The minimum absolute atomic E-state index is 0.262. The molecule has 0 fully saturated rings. The van der Waals surface area contributed by atoms with Crippen LogP contribution in [0, 0.1) is 0 Å². The maximum Gasteiger partial charge on any atom is 0.119 e. The number of nitrogens with zero attached hydrogens (tertiary/aromatic N) is 1. The van der Waals surface area contributed by atoms with Crippen LogP contribution in [0.3, 0.4) is 0 Å². The zero-order valence-electron chi connectivity index (χ0n) is 9.60. The van der Waals surface area contributed by atoms with Crippen molar-refractivity contribution in [2.24, 2.45) is 0 Å². The summed E-state index contributed by atoms with van der Waals surface area (Å²) in [5.41, 5.74) is 2.14. The summed E-state index contributed by atoms with van der Waals surface area (Å²) in [4.78, 5) is 7.07. The summed E-state index contributed by atoms with van der Waals surface area (Å²) in [6.07, 6.45) is 4.77. The topological polar surface area (TPSA) is 37.9 Å². The van der Waals surface area contributed by atoms with Gasteiger partial charge in [-0.2, -0.15) is 0 Å². The van der Waals surface area contributed by atoms with E-state index in [1.165, 1.54) is 0 Å². The van der Waals surface area contributed by atoms with E-state index >= 15 is 0 Å². The SMILES string of the molecule is CCC(C)Oc1ccc(-c2cnc[nH]2)cc1. The molecule has 0 aliphatic rings. The van der Waals surface area contributed by atoms with Crippen molar-refractivity contribution in [3.05, 3.63) is 36.8 Å². The molecule has 1 atom stereocenters. The second-order valence-electron chi connectivity index (χ2n) is 3.83. The number of nitrogens with one attached hydrogen (secondary N) is 1. The molecule has 84 valence electrons. The van der Waals surface area contributed by atoms with Gasteiger partial charge in [0.15, 0.2) is 0 Å². The van der Waals surface area contributed by atoms with Crippen LogP contribution < -0.4 is 4.74 Å². The molecular formula is C13H16N2O. The maximum absolute atomic E-state index is 5.71. The van der Waals surface area contributed by atoms with Gasteiger partial charge >= 0.3 is 0 Å². The number of rotatable bonds is 4. The maximum atomic E-state index is 5.71. The lowest BCUT2D eigenvalue weighted by Gasteiger charge is -2.12. The number of ether oxygens (including phenoxy) is 1. The molecule has 0 aliphatic heterocycles. The molecule has 0 spiro atoms. The second kappa shape index (κ2) is 4.84. The van der Waals surface area contributed by atoms with Crippen molar-refractivity contribution >= 4 is 0 Å². The van der Waals surface area contributed by atoms with Gasteiger partial charge < -0.3 is 9.72 Å². The Morgan fingerprint density at radius 2 is 2.06 bits per heavy atom. The molecule has 0 radical (unpaired) electrons. The highest BCUT2D eigenvalue weighted by Gasteiger charge is 2.02. The second-order valence-corrected chi connectivity index (χ2v) is 3.83. The minimum atomic E-state index is 0.262. The van der Waals surface area contributed by atoms with Crippen LogP contribution in [0.25, 0.3) is 11.3 Å². The van der Waals surface area contributed by atoms with Gasteiger partial charge in [-0.1, -0.05) is 6.92 Å². The molecule has 0 amide bonds. The van der Waals surface area contributed by atoms with Crippen molar-refractivity contribution in [1.82, 2.24) is 9.97 Å². The Bertz CT molecular complexity index is 420. The zero-order valence-corrected chi connectivity index (χ0v) is 9.60. The summed E-state index contributed by atoms with van der Waals surface area (Å²) in [5, 5.41) is 0. The van der Waals surface area contributed by atoms with Crippen molar-refractivity contribution in [2.75, 3.05) is 0 Å². The molecular weight excluding hydrogens is 200 g/mol. The van der Waals surface area contributed by atoms with Crippen LogP contribution in [0.5, 0.6) is 5.75 Å². The molecule has 3 nitrogen and oxygen atoms in total. The number of imidazole rings is 1. The lowest BCUT2D eigenvalue weighted by Crippen LogP contribution is -2.09. The van der Waals surface area contributed by atoms with E-state index in [1.807, 2.05) is 30.5 Å². The summed E-state index contributed by atoms with van der Waals surface area (Å²) >= 11 is 0. The van der Waals surface area contributed by atoms with E-state index in [2.05, 4.69) is 23.8 Å². The fraction of sp³-hybridized carbons (Fsp3) is 0.308. The molecule has 0 saturated heterocycles.